The van der Waals surface area contributed by atoms with Gasteiger partial charge in [-0.25, -0.2) is 4.79 Å². The predicted molar refractivity (Wildman–Crippen MR) is 190 cm³/mol. The summed E-state index contributed by atoms with van der Waals surface area (Å²) in [7, 11) is 0. The van der Waals surface area contributed by atoms with Crippen LogP contribution < -0.4 is 16.0 Å². The standard InChI is InChI=1S/C35H33N5O5S3/c1-35(2,3)45-34(44)40-14-12-26-27(18-36)33(48-29(26)19-40)39-30(41)21-47-25-11-7-10-24(17-25)37-32(43)28(16-22-13-15-46-20-22)38-31(42)23-8-5-4-6-9-23/h4-11,13,15-17,20H,12,14,19,21H2,1-3H3,(H,37,43)(H,38,42)(H,39,41)/b28-16-. The number of rotatable bonds is 9. The second-order valence-electron chi connectivity index (χ2n) is 11.7. The average Bonchev–Trinajstić information content (AvgIpc) is 3.70. The Balaban J connectivity index is 1.20. The molecule has 1 aliphatic heterocycles. The molecular formula is C35H33N5O5S3. The number of thioether (sulfide) groups is 1. The summed E-state index contributed by atoms with van der Waals surface area (Å²) in [6.45, 7) is 6.17. The summed E-state index contributed by atoms with van der Waals surface area (Å²) in [4.78, 5) is 54.9. The monoisotopic (exact) mass is 699 g/mol. The Kier molecular flexibility index (Phi) is 11.0. The molecule has 4 amide bonds. The lowest BCUT2D eigenvalue weighted by Gasteiger charge is -2.29. The molecule has 246 valence electrons. The minimum Gasteiger partial charge on any atom is -0.444 e. The minimum atomic E-state index is -0.614. The molecule has 0 saturated heterocycles. The Bertz CT molecular complexity index is 1890. The SMILES string of the molecule is CC(C)(C)OC(=O)N1CCc2c(sc(NC(=O)CSc3cccc(NC(=O)/C(=C/c4ccsc4)NC(=O)c4ccccc4)c3)c2C#N)C1. The second kappa shape index (κ2) is 15.3. The van der Waals surface area contributed by atoms with Crippen molar-refractivity contribution >= 4 is 75.0 Å². The van der Waals surface area contributed by atoms with E-state index < -0.39 is 23.5 Å². The zero-order valence-electron chi connectivity index (χ0n) is 26.5. The van der Waals surface area contributed by atoms with Crippen molar-refractivity contribution < 1.29 is 23.9 Å². The zero-order valence-corrected chi connectivity index (χ0v) is 28.9. The van der Waals surface area contributed by atoms with Crippen LogP contribution in [0.5, 0.6) is 0 Å². The molecule has 0 aliphatic carbocycles. The summed E-state index contributed by atoms with van der Waals surface area (Å²) in [5.74, 6) is -1.14. The Hall–Kier alpha value is -4.90. The number of nitrogens with zero attached hydrogens (tertiary/aromatic N) is 2. The maximum atomic E-state index is 13.3. The van der Waals surface area contributed by atoms with E-state index in [2.05, 4.69) is 22.0 Å². The van der Waals surface area contributed by atoms with Gasteiger partial charge in [0.05, 0.1) is 17.9 Å². The van der Waals surface area contributed by atoms with Gasteiger partial charge in [-0.3, -0.25) is 14.4 Å². The third-order valence-electron chi connectivity index (χ3n) is 6.92. The maximum Gasteiger partial charge on any atom is 0.410 e. The van der Waals surface area contributed by atoms with Crippen LogP contribution in [0, 0.1) is 11.3 Å². The van der Waals surface area contributed by atoms with Crippen molar-refractivity contribution in [2.75, 3.05) is 22.9 Å². The van der Waals surface area contributed by atoms with E-state index in [9.17, 15) is 24.4 Å². The molecule has 0 radical (unpaired) electrons. The fraction of sp³-hybridized carbons (Fsp3) is 0.229. The van der Waals surface area contributed by atoms with E-state index >= 15 is 0 Å². The van der Waals surface area contributed by atoms with Crippen molar-refractivity contribution in [3.05, 3.63) is 104 Å². The van der Waals surface area contributed by atoms with Crippen LogP contribution in [0.4, 0.5) is 15.5 Å². The van der Waals surface area contributed by atoms with Crippen molar-refractivity contribution in [3.8, 4) is 6.07 Å². The van der Waals surface area contributed by atoms with Crippen molar-refractivity contribution in [1.82, 2.24) is 10.2 Å². The van der Waals surface area contributed by atoms with Crippen LogP contribution in [0.25, 0.3) is 6.08 Å². The topological polar surface area (TPSA) is 141 Å². The fourth-order valence-electron chi connectivity index (χ4n) is 4.73. The van der Waals surface area contributed by atoms with E-state index in [4.69, 9.17) is 4.74 Å². The first-order chi connectivity index (χ1) is 23.0. The van der Waals surface area contributed by atoms with Crippen LogP contribution in [-0.4, -0.2) is 46.6 Å². The zero-order chi connectivity index (χ0) is 34.3. The number of nitriles is 1. The fourth-order valence-corrected chi connectivity index (χ4v) is 7.33. The Morgan fingerprint density at radius 2 is 1.85 bits per heavy atom. The maximum absolute atomic E-state index is 13.3. The summed E-state index contributed by atoms with van der Waals surface area (Å²) < 4.78 is 5.50. The van der Waals surface area contributed by atoms with Crippen LogP contribution in [0.1, 0.15) is 52.7 Å². The number of carbonyl (C=O) groups excluding carboxylic acids is 4. The summed E-state index contributed by atoms with van der Waals surface area (Å²) in [6.07, 6.45) is 1.70. The number of amides is 4. The quantitative estimate of drug-likeness (QED) is 0.125. The first kappa shape index (κ1) is 34.4. The lowest BCUT2D eigenvalue weighted by atomic mass is 10.0. The molecule has 13 heteroatoms. The van der Waals surface area contributed by atoms with E-state index in [1.54, 1.807) is 59.5 Å². The van der Waals surface area contributed by atoms with Crippen LogP contribution in [0.2, 0.25) is 0 Å². The molecule has 3 heterocycles. The van der Waals surface area contributed by atoms with Gasteiger partial charge < -0.3 is 25.6 Å². The highest BCUT2D eigenvalue weighted by Gasteiger charge is 2.30. The Morgan fingerprint density at radius 1 is 1.06 bits per heavy atom. The number of thiophene rings is 2. The highest BCUT2D eigenvalue weighted by atomic mass is 32.2. The molecule has 0 spiro atoms. The van der Waals surface area contributed by atoms with Crippen LogP contribution in [0.15, 0.2) is 82.0 Å². The predicted octanol–water partition coefficient (Wildman–Crippen LogP) is 7.11. The van der Waals surface area contributed by atoms with Gasteiger partial charge >= 0.3 is 6.09 Å². The largest absolute Gasteiger partial charge is 0.444 e. The van der Waals surface area contributed by atoms with Gasteiger partial charge in [0.2, 0.25) is 5.91 Å². The number of fused-ring (bicyclic) bond motifs is 1. The van der Waals surface area contributed by atoms with Crippen molar-refractivity contribution in [1.29, 1.82) is 5.26 Å². The number of carbonyl (C=O) groups is 4. The number of ether oxygens (including phenoxy) is 1. The van der Waals surface area contributed by atoms with Crippen molar-refractivity contribution in [2.45, 2.75) is 44.2 Å². The molecule has 2 aromatic carbocycles. The average molecular weight is 700 g/mol. The third-order valence-corrected chi connectivity index (χ3v) is 9.75. The van der Waals surface area contributed by atoms with Gasteiger partial charge in [0.25, 0.3) is 11.8 Å². The number of hydrogen-bond acceptors (Lipinski definition) is 9. The molecule has 0 unspecified atom stereocenters. The van der Waals surface area contributed by atoms with Gasteiger partial charge in [-0.2, -0.15) is 16.6 Å². The molecule has 0 bridgehead atoms. The summed E-state index contributed by atoms with van der Waals surface area (Å²) >= 11 is 4.04. The molecule has 10 nitrogen and oxygen atoms in total. The summed E-state index contributed by atoms with van der Waals surface area (Å²) in [6, 6.07) is 19.7. The van der Waals surface area contributed by atoms with Crippen LogP contribution in [0.3, 0.4) is 0 Å². The first-order valence-corrected chi connectivity index (χ1v) is 17.7. The van der Waals surface area contributed by atoms with Crippen LogP contribution >= 0.6 is 34.4 Å². The van der Waals surface area contributed by atoms with E-state index in [0.717, 1.165) is 20.9 Å². The lowest BCUT2D eigenvalue weighted by Crippen LogP contribution is -2.39. The minimum absolute atomic E-state index is 0.0608. The lowest BCUT2D eigenvalue weighted by molar-refractivity contribution is -0.114. The van der Waals surface area contributed by atoms with Crippen molar-refractivity contribution in [2.24, 2.45) is 0 Å². The Morgan fingerprint density at radius 3 is 2.56 bits per heavy atom. The molecule has 0 fully saturated rings. The van der Waals surface area contributed by atoms with Gasteiger partial charge in [-0.1, -0.05) is 24.3 Å². The smallest absolute Gasteiger partial charge is 0.410 e. The summed E-state index contributed by atoms with van der Waals surface area (Å²) in [5, 5.41) is 22.5. The summed E-state index contributed by atoms with van der Waals surface area (Å²) in [5.41, 5.74) is 2.43. The first-order valence-electron chi connectivity index (χ1n) is 15.0. The highest BCUT2D eigenvalue weighted by Crippen LogP contribution is 2.37. The molecule has 0 saturated carbocycles. The molecule has 2 aromatic heterocycles. The molecular weight excluding hydrogens is 667 g/mol. The number of nitrogens with one attached hydrogen (secondary N) is 3. The normalized spacial score (nSPS) is 12.8. The van der Waals surface area contributed by atoms with Gasteiger partial charge in [0.1, 0.15) is 22.4 Å². The van der Waals surface area contributed by atoms with Crippen LogP contribution in [-0.2, 0) is 27.3 Å². The van der Waals surface area contributed by atoms with Crippen molar-refractivity contribution in [3.63, 3.8) is 0 Å². The third kappa shape index (κ3) is 9.13. The molecule has 4 aromatic rings. The second-order valence-corrected chi connectivity index (χ2v) is 14.7. The number of anilines is 2. The highest BCUT2D eigenvalue weighted by molar-refractivity contribution is 8.00. The number of hydrogen-bond donors (Lipinski definition) is 3. The Labute approximate surface area is 290 Å². The van der Waals surface area contributed by atoms with Gasteiger partial charge in [0, 0.05) is 27.6 Å². The van der Waals surface area contributed by atoms with E-state index in [-0.39, 0.29) is 17.4 Å². The molecule has 48 heavy (non-hydrogen) atoms. The van der Waals surface area contributed by atoms with E-state index in [1.807, 2.05) is 43.7 Å². The molecule has 5 rings (SSSR count). The van der Waals surface area contributed by atoms with Gasteiger partial charge in [0.15, 0.2) is 0 Å². The van der Waals surface area contributed by atoms with Gasteiger partial charge in [-0.05, 0) is 91.6 Å². The number of benzene rings is 2. The molecule has 1 aliphatic rings. The molecule has 3 N–H and O–H groups in total. The van der Waals surface area contributed by atoms with E-state index in [0.29, 0.717) is 41.3 Å². The van der Waals surface area contributed by atoms with Gasteiger partial charge in [-0.15, -0.1) is 23.1 Å². The van der Waals surface area contributed by atoms with E-state index in [1.165, 1.54) is 34.4 Å². The molecule has 0 atom stereocenters.